The van der Waals surface area contributed by atoms with Crippen LogP contribution in [0.3, 0.4) is 0 Å². The zero-order valence-electron chi connectivity index (χ0n) is 19.0. The molecule has 0 spiro atoms. The lowest BCUT2D eigenvalue weighted by Gasteiger charge is -2.29. The van der Waals surface area contributed by atoms with Crippen LogP contribution in [0, 0.1) is 5.92 Å². The maximum Gasteiger partial charge on any atom is 0.326 e. The summed E-state index contributed by atoms with van der Waals surface area (Å²) >= 11 is 0. The van der Waals surface area contributed by atoms with E-state index in [1.165, 1.54) is 6.92 Å². The molecule has 0 heterocycles. The number of carboxylic acid groups (broad SMARTS) is 1. The second kappa shape index (κ2) is 13.5. The lowest BCUT2D eigenvalue weighted by atomic mass is 9.96. The fourth-order valence-corrected chi connectivity index (χ4v) is 3.00. The van der Waals surface area contributed by atoms with Gasteiger partial charge in [-0.1, -0.05) is 50.6 Å². The lowest BCUT2D eigenvalue weighted by Crippen LogP contribution is -2.61. The van der Waals surface area contributed by atoms with Gasteiger partial charge in [-0.2, -0.15) is 0 Å². The first-order chi connectivity index (χ1) is 15.5. The van der Waals surface area contributed by atoms with Gasteiger partial charge in [0.05, 0.1) is 12.7 Å². The molecule has 0 aromatic heterocycles. The lowest BCUT2D eigenvalue weighted by molar-refractivity contribution is -0.142. The predicted molar refractivity (Wildman–Crippen MR) is 120 cm³/mol. The number of nitrogens with one attached hydrogen (secondary N) is 3. The Morgan fingerprint density at radius 2 is 1.48 bits per heavy atom. The highest BCUT2D eigenvalue weighted by Gasteiger charge is 2.34. The molecular formula is C22H34N4O7. The summed E-state index contributed by atoms with van der Waals surface area (Å²) in [6.07, 6.45) is -0.796. The number of benzene rings is 1. The fraction of sp³-hybridized carbons (Fsp3) is 0.545. The molecule has 8 N–H and O–H groups in total. The van der Waals surface area contributed by atoms with Gasteiger partial charge in [-0.05, 0) is 18.4 Å². The number of nitrogens with two attached hydrogens (primary N) is 1. The van der Waals surface area contributed by atoms with Crippen molar-refractivity contribution in [2.24, 2.45) is 11.7 Å². The molecule has 6 unspecified atom stereocenters. The Bertz CT molecular complexity index is 803. The van der Waals surface area contributed by atoms with Crippen molar-refractivity contribution in [2.45, 2.75) is 63.9 Å². The van der Waals surface area contributed by atoms with Gasteiger partial charge in [0.25, 0.3) is 0 Å². The van der Waals surface area contributed by atoms with Crippen molar-refractivity contribution in [3.8, 4) is 0 Å². The zero-order valence-corrected chi connectivity index (χ0v) is 19.0. The molecule has 33 heavy (non-hydrogen) atoms. The van der Waals surface area contributed by atoms with Crippen molar-refractivity contribution in [1.29, 1.82) is 0 Å². The third-order valence-electron chi connectivity index (χ3n) is 5.29. The molecule has 1 aromatic rings. The summed E-state index contributed by atoms with van der Waals surface area (Å²) in [7, 11) is 0. The van der Waals surface area contributed by atoms with Crippen molar-refractivity contribution in [2.75, 3.05) is 6.61 Å². The van der Waals surface area contributed by atoms with Gasteiger partial charge in [0.15, 0.2) is 0 Å². The predicted octanol–water partition coefficient (Wildman–Crippen LogP) is -1.49. The van der Waals surface area contributed by atoms with E-state index in [0.717, 1.165) is 0 Å². The number of aliphatic hydroxyl groups excluding tert-OH is 2. The minimum Gasteiger partial charge on any atom is -0.480 e. The summed E-state index contributed by atoms with van der Waals surface area (Å²) < 4.78 is 0. The van der Waals surface area contributed by atoms with E-state index in [1.54, 1.807) is 44.2 Å². The van der Waals surface area contributed by atoms with Crippen LogP contribution in [0.4, 0.5) is 0 Å². The van der Waals surface area contributed by atoms with Crippen LogP contribution in [0.15, 0.2) is 30.3 Å². The second-order valence-corrected chi connectivity index (χ2v) is 7.98. The number of aliphatic hydroxyl groups is 2. The molecule has 1 aromatic carbocycles. The van der Waals surface area contributed by atoms with Crippen LogP contribution in [0.1, 0.15) is 32.8 Å². The van der Waals surface area contributed by atoms with Gasteiger partial charge in [0.2, 0.25) is 17.7 Å². The van der Waals surface area contributed by atoms with E-state index in [-0.39, 0.29) is 12.3 Å². The summed E-state index contributed by atoms with van der Waals surface area (Å²) in [5, 5.41) is 35.7. The van der Waals surface area contributed by atoms with Crippen LogP contribution in [0.25, 0.3) is 0 Å². The van der Waals surface area contributed by atoms with E-state index >= 15 is 0 Å². The van der Waals surface area contributed by atoms with E-state index in [0.29, 0.717) is 12.0 Å². The third-order valence-corrected chi connectivity index (χ3v) is 5.29. The average molecular weight is 467 g/mol. The molecule has 1 rings (SSSR count). The minimum absolute atomic E-state index is 0.0501. The van der Waals surface area contributed by atoms with Crippen LogP contribution >= 0.6 is 0 Å². The second-order valence-electron chi connectivity index (χ2n) is 7.98. The Morgan fingerprint density at radius 1 is 0.939 bits per heavy atom. The normalized spacial score (nSPS) is 16.4. The zero-order chi connectivity index (χ0) is 25.1. The average Bonchev–Trinajstić information content (AvgIpc) is 2.79. The highest BCUT2D eigenvalue weighted by molar-refractivity contribution is 5.94. The van der Waals surface area contributed by atoms with Crippen molar-refractivity contribution < 1.29 is 34.5 Å². The quantitative estimate of drug-likeness (QED) is 0.183. The molecule has 0 aliphatic carbocycles. The summed E-state index contributed by atoms with van der Waals surface area (Å²) in [4.78, 5) is 49.4. The summed E-state index contributed by atoms with van der Waals surface area (Å²) in [6.45, 7) is 4.11. The first-order valence-electron chi connectivity index (χ1n) is 10.7. The van der Waals surface area contributed by atoms with Crippen molar-refractivity contribution in [3.05, 3.63) is 35.9 Å². The Labute approximate surface area is 192 Å². The topological polar surface area (TPSA) is 191 Å². The first-order valence-corrected chi connectivity index (χ1v) is 10.7. The van der Waals surface area contributed by atoms with Crippen LogP contribution in [0.2, 0.25) is 0 Å². The molecule has 0 bridgehead atoms. The molecule has 0 fully saturated rings. The number of aliphatic carboxylic acids is 1. The molecule has 0 saturated heterocycles. The molecule has 0 saturated carbocycles. The summed E-state index contributed by atoms with van der Waals surface area (Å²) in [5.41, 5.74) is 6.15. The molecule has 6 atom stereocenters. The highest BCUT2D eigenvalue weighted by Crippen LogP contribution is 2.11. The highest BCUT2D eigenvalue weighted by atomic mass is 16.4. The SMILES string of the molecule is CCC(C)C(NC(=O)C(NC(=O)C(N)CO)C(C)O)C(=O)NC(Cc1ccccc1)C(=O)O. The molecule has 3 amide bonds. The van der Waals surface area contributed by atoms with E-state index < -0.39 is 60.6 Å². The van der Waals surface area contributed by atoms with Crippen LogP contribution in [0.5, 0.6) is 0 Å². The molecule has 0 aliphatic heterocycles. The summed E-state index contributed by atoms with van der Waals surface area (Å²) in [6, 6.07) is 3.71. The molecule has 0 radical (unpaired) electrons. The van der Waals surface area contributed by atoms with Crippen molar-refractivity contribution in [3.63, 3.8) is 0 Å². The number of hydrogen-bond donors (Lipinski definition) is 7. The van der Waals surface area contributed by atoms with Crippen LogP contribution in [-0.2, 0) is 25.6 Å². The smallest absolute Gasteiger partial charge is 0.326 e. The number of amides is 3. The number of carbonyl (C=O) groups excluding carboxylic acids is 3. The van der Waals surface area contributed by atoms with Crippen molar-refractivity contribution in [1.82, 2.24) is 16.0 Å². The van der Waals surface area contributed by atoms with Gasteiger partial charge >= 0.3 is 5.97 Å². The number of rotatable bonds is 13. The Morgan fingerprint density at radius 3 is 1.97 bits per heavy atom. The Hall–Kier alpha value is -3.02. The van der Waals surface area contributed by atoms with E-state index in [1.807, 2.05) is 0 Å². The number of carbonyl (C=O) groups is 4. The van der Waals surface area contributed by atoms with Gasteiger partial charge < -0.3 is 37.0 Å². The Balaban J connectivity index is 3.00. The molecule has 0 aliphatic rings. The summed E-state index contributed by atoms with van der Waals surface area (Å²) in [5.74, 6) is -4.02. The standard InChI is InChI=1S/C22H34N4O7/c1-4-12(2)17(25-21(31)18(13(3)28)26-19(29)15(23)11-27)20(30)24-16(22(32)33)10-14-8-6-5-7-9-14/h5-9,12-13,15-18,27-28H,4,10-11,23H2,1-3H3,(H,24,30)(H,25,31)(H,26,29)(H,32,33). The van der Waals surface area contributed by atoms with E-state index in [2.05, 4.69) is 16.0 Å². The third kappa shape index (κ3) is 8.79. The monoisotopic (exact) mass is 466 g/mol. The number of carboxylic acids is 1. The van der Waals surface area contributed by atoms with Gasteiger partial charge in [0.1, 0.15) is 24.2 Å². The largest absolute Gasteiger partial charge is 0.480 e. The van der Waals surface area contributed by atoms with Crippen LogP contribution in [-0.4, -0.2) is 75.9 Å². The molecule has 184 valence electrons. The first kappa shape index (κ1) is 28.0. The van der Waals surface area contributed by atoms with Crippen LogP contribution < -0.4 is 21.7 Å². The van der Waals surface area contributed by atoms with Gasteiger partial charge in [-0.3, -0.25) is 14.4 Å². The molecule has 11 nitrogen and oxygen atoms in total. The maximum atomic E-state index is 13.0. The number of hydrogen-bond acceptors (Lipinski definition) is 7. The molecule has 11 heteroatoms. The minimum atomic E-state index is -1.44. The van der Waals surface area contributed by atoms with E-state index in [9.17, 15) is 29.4 Å². The maximum absolute atomic E-state index is 13.0. The van der Waals surface area contributed by atoms with E-state index in [4.69, 9.17) is 10.8 Å². The van der Waals surface area contributed by atoms with Crippen molar-refractivity contribution >= 4 is 23.7 Å². The van der Waals surface area contributed by atoms with Gasteiger partial charge in [0, 0.05) is 6.42 Å². The fourth-order valence-electron chi connectivity index (χ4n) is 3.00. The Kier molecular flexibility index (Phi) is 11.5. The van der Waals surface area contributed by atoms with Gasteiger partial charge in [-0.25, -0.2) is 4.79 Å². The van der Waals surface area contributed by atoms with Gasteiger partial charge in [-0.15, -0.1) is 0 Å². The molecular weight excluding hydrogens is 432 g/mol.